The van der Waals surface area contributed by atoms with E-state index in [2.05, 4.69) is 43.1 Å². The van der Waals surface area contributed by atoms with Crippen molar-refractivity contribution >= 4 is 36.7 Å². The molecule has 0 saturated carbocycles. The molecule has 34 heavy (non-hydrogen) atoms. The van der Waals surface area contributed by atoms with Crippen LogP contribution in [0.25, 0.3) is 0 Å². The van der Waals surface area contributed by atoms with E-state index in [4.69, 9.17) is 13.1 Å². The van der Waals surface area contributed by atoms with Crippen molar-refractivity contribution < 1.29 is 27.4 Å². The van der Waals surface area contributed by atoms with Crippen LogP contribution in [0.3, 0.4) is 0 Å². The number of ether oxygens (including phenoxy) is 2. The molecule has 0 aliphatic carbocycles. The first-order valence-electron chi connectivity index (χ1n) is 11.6. The molecule has 0 aliphatic rings. The van der Waals surface area contributed by atoms with Gasteiger partial charge in [0.1, 0.15) is 11.2 Å². The normalized spacial score (nSPS) is 12.4. The number of hydrogen-bond acceptors (Lipinski definition) is 9. The largest absolute Gasteiger partial charge is 0.462 e. The van der Waals surface area contributed by atoms with Gasteiger partial charge in [-0.1, -0.05) is 27.7 Å². The number of amides is 1. The van der Waals surface area contributed by atoms with Crippen LogP contribution < -0.4 is 10.6 Å². The topological polar surface area (TPSA) is 95.1 Å². The Bertz CT molecular complexity index is 547. The maximum absolute atomic E-state index is 11.7. The molecule has 0 fully saturated rings. The van der Waals surface area contributed by atoms with E-state index in [1.165, 1.54) is 24.1 Å². The third-order valence-corrected chi connectivity index (χ3v) is 5.17. The fourth-order valence-corrected chi connectivity index (χ4v) is 3.80. The van der Waals surface area contributed by atoms with Crippen molar-refractivity contribution in [3.05, 3.63) is 0 Å². The van der Waals surface area contributed by atoms with Gasteiger partial charge >= 0.3 is 6.09 Å². The van der Waals surface area contributed by atoms with Crippen LogP contribution in [0.15, 0.2) is 0 Å². The van der Waals surface area contributed by atoms with Crippen molar-refractivity contribution in [2.45, 2.75) is 86.9 Å². The van der Waals surface area contributed by atoms with Crippen LogP contribution in [0.2, 0.25) is 0 Å². The van der Waals surface area contributed by atoms with Gasteiger partial charge in [0, 0.05) is 35.4 Å². The van der Waals surface area contributed by atoms with E-state index in [9.17, 15) is 9.59 Å². The zero-order chi connectivity index (χ0) is 26.9. The van der Waals surface area contributed by atoms with E-state index >= 15 is 0 Å². The van der Waals surface area contributed by atoms with Crippen molar-refractivity contribution in [2.75, 3.05) is 44.9 Å². The van der Waals surface area contributed by atoms with Gasteiger partial charge in [-0.3, -0.25) is 4.79 Å². The van der Waals surface area contributed by atoms with Crippen LogP contribution in [0, 0.1) is 10.8 Å². The average molecular weight is 527 g/mol. The van der Waals surface area contributed by atoms with Crippen molar-refractivity contribution in [3.63, 3.8) is 0 Å². The Morgan fingerprint density at radius 1 is 0.794 bits per heavy atom. The van der Waals surface area contributed by atoms with Gasteiger partial charge in [-0.2, -0.15) is 0 Å². The van der Waals surface area contributed by atoms with Gasteiger partial charge in [-0.15, -0.1) is 0 Å². The minimum Gasteiger partial charge on any atom is -0.462 e. The number of nitrogens with one attached hydrogen (secondary N) is 2. The predicted octanol–water partition coefficient (Wildman–Crippen LogP) is 5.46. The molecule has 0 radical (unpaired) electrons. The van der Waals surface area contributed by atoms with Gasteiger partial charge in [-0.25, -0.2) is 4.79 Å². The molecule has 10 heteroatoms. The second kappa shape index (κ2) is 17.7. The van der Waals surface area contributed by atoms with E-state index < -0.39 is 11.7 Å². The molecule has 0 saturated heterocycles. The summed E-state index contributed by atoms with van der Waals surface area (Å²) in [5.74, 6) is 1.88. The van der Waals surface area contributed by atoms with Gasteiger partial charge in [0.2, 0.25) is 0 Å². The lowest BCUT2D eigenvalue weighted by atomic mass is 9.95. The molecule has 1 amide bonds. The number of rotatable bonds is 15. The summed E-state index contributed by atoms with van der Waals surface area (Å²) < 4.78 is 21.2. The second-order valence-corrected chi connectivity index (χ2v) is 13.3. The lowest BCUT2D eigenvalue weighted by Gasteiger charge is -2.26. The second-order valence-electron chi connectivity index (χ2n) is 11.6. The molecule has 2 N–H and O–H groups in total. The zero-order valence-electron chi connectivity index (χ0n) is 23.3. The van der Waals surface area contributed by atoms with Crippen LogP contribution >= 0.6 is 24.1 Å². The van der Waals surface area contributed by atoms with Crippen LogP contribution in [0.4, 0.5) is 4.79 Å². The molecule has 0 bridgehead atoms. The molecule has 0 aromatic heterocycles. The van der Waals surface area contributed by atoms with E-state index in [1.54, 1.807) is 0 Å². The molecule has 0 heterocycles. The molecule has 0 rings (SSSR count). The highest BCUT2D eigenvalue weighted by molar-refractivity contribution is 7.95. The SMILES string of the molecule is CC(C)(C)OC=O.CNCC(C)(C)COSCCCSOCC(C)(C)CNC(=O)OC(C)(C)C. The molecular formula is C24H50N2O6S2. The molecule has 204 valence electrons. The van der Waals surface area contributed by atoms with Crippen LogP contribution in [0.5, 0.6) is 0 Å². The first-order valence-corrected chi connectivity index (χ1v) is 13.5. The smallest absolute Gasteiger partial charge is 0.407 e. The first-order chi connectivity index (χ1) is 15.4. The van der Waals surface area contributed by atoms with Gasteiger partial charge in [0.15, 0.2) is 0 Å². The lowest BCUT2D eigenvalue weighted by molar-refractivity contribution is -0.138. The fourth-order valence-electron chi connectivity index (χ4n) is 2.05. The third kappa shape index (κ3) is 27.6. The van der Waals surface area contributed by atoms with Crippen LogP contribution in [-0.4, -0.2) is 68.6 Å². The summed E-state index contributed by atoms with van der Waals surface area (Å²) in [5, 5.41) is 5.98. The van der Waals surface area contributed by atoms with Crippen LogP contribution in [-0.2, 0) is 22.6 Å². The molecule has 0 atom stereocenters. The van der Waals surface area contributed by atoms with E-state index in [0.29, 0.717) is 19.6 Å². The molecular weight excluding hydrogens is 476 g/mol. The van der Waals surface area contributed by atoms with Gasteiger partial charge < -0.3 is 28.5 Å². The quantitative estimate of drug-likeness (QED) is 0.164. The monoisotopic (exact) mass is 526 g/mol. The van der Waals surface area contributed by atoms with Gasteiger partial charge in [-0.05, 0) is 79.1 Å². The average Bonchev–Trinajstić information content (AvgIpc) is 2.63. The minimum atomic E-state index is -0.481. The fraction of sp³-hybridized carbons (Fsp3) is 0.917. The number of carbonyl (C=O) groups excluding carboxylic acids is 2. The van der Waals surface area contributed by atoms with Gasteiger partial charge in [0.05, 0.1) is 13.2 Å². The third-order valence-electron chi connectivity index (χ3n) is 3.69. The van der Waals surface area contributed by atoms with E-state index in [1.807, 2.05) is 48.6 Å². The Hall–Kier alpha value is -0.680. The number of carbonyl (C=O) groups is 2. The molecule has 0 spiro atoms. The summed E-state index contributed by atoms with van der Waals surface area (Å²) in [6, 6.07) is 0. The highest BCUT2D eigenvalue weighted by Gasteiger charge is 2.22. The van der Waals surface area contributed by atoms with Crippen molar-refractivity contribution in [3.8, 4) is 0 Å². The number of hydrogen-bond donors (Lipinski definition) is 2. The zero-order valence-corrected chi connectivity index (χ0v) is 24.9. The lowest BCUT2D eigenvalue weighted by Crippen LogP contribution is -2.39. The summed E-state index contributed by atoms with van der Waals surface area (Å²) in [7, 11) is 1.96. The predicted molar refractivity (Wildman–Crippen MR) is 144 cm³/mol. The summed E-state index contributed by atoms with van der Waals surface area (Å²) in [4.78, 5) is 21.3. The van der Waals surface area contributed by atoms with E-state index in [0.717, 1.165) is 31.1 Å². The minimum absolute atomic E-state index is 0.151. The summed E-state index contributed by atoms with van der Waals surface area (Å²) in [6.07, 6.45) is 0.636. The maximum Gasteiger partial charge on any atom is 0.407 e. The molecule has 0 aromatic rings. The summed E-state index contributed by atoms with van der Waals surface area (Å²) >= 11 is 3.00. The summed E-state index contributed by atoms with van der Waals surface area (Å²) in [6.45, 7) is 22.7. The van der Waals surface area contributed by atoms with Crippen molar-refractivity contribution in [1.29, 1.82) is 0 Å². The molecule has 0 aromatic carbocycles. The van der Waals surface area contributed by atoms with Crippen LogP contribution in [0.1, 0.15) is 75.7 Å². The first kappa shape index (κ1) is 35.5. The Morgan fingerprint density at radius 3 is 1.62 bits per heavy atom. The van der Waals surface area contributed by atoms with Gasteiger partial charge in [0.25, 0.3) is 6.47 Å². The van der Waals surface area contributed by atoms with E-state index in [-0.39, 0.29) is 16.4 Å². The van der Waals surface area contributed by atoms with Crippen molar-refractivity contribution in [1.82, 2.24) is 10.6 Å². The van der Waals surface area contributed by atoms with Crippen molar-refractivity contribution in [2.24, 2.45) is 10.8 Å². The maximum atomic E-state index is 11.7. The summed E-state index contributed by atoms with van der Waals surface area (Å²) in [5.41, 5.74) is -0.800. The Labute approximate surface area is 217 Å². The Morgan fingerprint density at radius 2 is 1.26 bits per heavy atom. The molecule has 8 nitrogen and oxygen atoms in total. The highest BCUT2D eigenvalue weighted by atomic mass is 32.2. The molecule has 0 unspecified atom stereocenters. The highest BCUT2D eigenvalue weighted by Crippen LogP contribution is 2.20. The Kier molecular flexibility index (Phi) is 18.5. The molecule has 0 aliphatic heterocycles. The Balaban J connectivity index is 0. The number of alkyl carbamates (subject to hydrolysis) is 1. The standard InChI is InChI=1S/C19H40N2O4S2.C5H10O2/c1-17(2,3)25-16(22)21-13-19(6,7)15-24-27-11-9-10-26-23-14-18(4,5)12-20-8;1-5(2,3)7-4-6/h20H,9-15H2,1-8H3,(H,21,22);4H,1-3H3.